The van der Waals surface area contributed by atoms with Crippen LogP contribution in [0.3, 0.4) is 0 Å². The third kappa shape index (κ3) is 6.19. The molecular formula is C16H33NO. The second-order valence-corrected chi connectivity index (χ2v) is 6.01. The molecule has 0 aromatic rings. The molecule has 1 unspecified atom stereocenters. The highest BCUT2D eigenvalue weighted by Crippen LogP contribution is 2.28. The van der Waals surface area contributed by atoms with Crippen molar-refractivity contribution in [2.45, 2.75) is 65.2 Å². The van der Waals surface area contributed by atoms with Crippen LogP contribution >= 0.6 is 0 Å². The van der Waals surface area contributed by atoms with Crippen molar-refractivity contribution in [3.05, 3.63) is 0 Å². The van der Waals surface area contributed by atoms with Crippen LogP contribution in [0.1, 0.15) is 65.2 Å². The van der Waals surface area contributed by atoms with Crippen LogP contribution in [0.15, 0.2) is 0 Å². The first-order chi connectivity index (χ1) is 8.80. The van der Waals surface area contributed by atoms with Gasteiger partial charge in [0.05, 0.1) is 0 Å². The van der Waals surface area contributed by atoms with Gasteiger partial charge < -0.3 is 10.0 Å². The van der Waals surface area contributed by atoms with Crippen molar-refractivity contribution in [3.8, 4) is 0 Å². The van der Waals surface area contributed by atoms with E-state index in [4.69, 9.17) is 5.11 Å². The summed E-state index contributed by atoms with van der Waals surface area (Å²) in [4.78, 5) is 2.53. The largest absolute Gasteiger partial charge is 0.396 e. The van der Waals surface area contributed by atoms with Crippen LogP contribution in [0.5, 0.6) is 0 Å². The van der Waals surface area contributed by atoms with E-state index in [-0.39, 0.29) is 0 Å². The van der Waals surface area contributed by atoms with Crippen molar-refractivity contribution in [1.82, 2.24) is 4.90 Å². The Kier molecular flexibility index (Phi) is 8.70. The van der Waals surface area contributed by atoms with E-state index in [0.29, 0.717) is 6.61 Å². The Hall–Kier alpha value is -0.0800. The van der Waals surface area contributed by atoms with Gasteiger partial charge in [-0.25, -0.2) is 0 Å². The molecule has 1 saturated heterocycles. The van der Waals surface area contributed by atoms with Gasteiger partial charge in [-0.2, -0.15) is 0 Å². The Morgan fingerprint density at radius 2 is 1.89 bits per heavy atom. The van der Waals surface area contributed by atoms with Crippen molar-refractivity contribution < 1.29 is 5.11 Å². The molecule has 18 heavy (non-hydrogen) atoms. The first-order valence-electron chi connectivity index (χ1n) is 8.13. The number of rotatable bonds is 9. The third-order valence-electron chi connectivity index (χ3n) is 4.55. The maximum atomic E-state index is 8.86. The zero-order chi connectivity index (χ0) is 13.2. The molecular weight excluding hydrogens is 222 g/mol. The molecule has 0 radical (unpaired) electrons. The Morgan fingerprint density at radius 3 is 2.44 bits per heavy atom. The van der Waals surface area contributed by atoms with Crippen molar-refractivity contribution in [1.29, 1.82) is 0 Å². The van der Waals surface area contributed by atoms with Crippen molar-refractivity contribution >= 4 is 0 Å². The van der Waals surface area contributed by atoms with E-state index in [1.54, 1.807) is 0 Å². The zero-order valence-corrected chi connectivity index (χ0v) is 12.5. The lowest BCUT2D eigenvalue weighted by Gasteiger charge is -2.33. The van der Waals surface area contributed by atoms with Gasteiger partial charge in [-0.3, -0.25) is 0 Å². The number of aliphatic hydroxyl groups excluding tert-OH is 1. The molecule has 1 heterocycles. The molecule has 0 bridgehead atoms. The maximum absolute atomic E-state index is 8.86. The van der Waals surface area contributed by atoms with E-state index in [0.717, 1.165) is 24.8 Å². The lowest BCUT2D eigenvalue weighted by Crippen LogP contribution is -2.35. The first kappa shape index (κ1) is 16.0. The lowest BCUT2D eigenvalue weighted by molar-refractivity contribution is 0.151. The second-order valence-electron chi connectivity index (χ2n) is 6.01. The molecule has 0 aromatic carbocycles. The number of hydrogen-bond donors (Lipinski definition) is 1. The van der Waals surface area contributed by atoms with Gasteiger partial charge >= 0.3 is 0 Å². The molecule has 0 amide bonds. The van der Waals surface area contributed by atoms with E-state index in [1.165, 1.54) is 58.0 Å². The van der Waals surface area contributed by atoms with Crippen molar-refractivity contribution in [3.63, 3.8) is 0 Å². The normalized spacial score (nSPS) is 20.2. The van der Waals surface area contributed by atoms with E-state index in [1.807, 2.05) is 0 Å². The topological polar surface area (TPSA) is 23.5 Å². The van der Waals surface area contributed by atoms with E-state index in [9.17, 15) is 0 Å². The average Bonchev–Trinajstić information content (AvgIpc) is 2.42. The highest BCUT2D eigenvalue weighted by molar-refractivity contribution is 4.74. The monoisotopic (exact) mass is 255 g/mol. The van der Waals surface area contributed by atoms with Gasteiger partial charge in [0.2, 0.25) is 0 Å². The fourth-order valence-electron chi connectivity index (χ4n) is 3.19. The Labute approximate surface area is 114 Å². The smallest absolute Gasteiger partial charge is 0.0443 e. The molecule has 1 rings (SSSR count). The number of piperidine rings is 1. The highest BCUT2D eigenvalue weighted by Gasteiger charge is 2.21. The summed E-state index contributed by atoms with van der Waals surface area (Å²) >= 11 is 0. The second kappa shape index (κ2) is 9.80. The fraction of sp³-hybridized carbons (Fsp3) is 1.00. The minimum atomic E-state index is 0.342. The van der Waals surface area contributed by atoms with Crippen LogP contribution in [0.2, 0.25) is 0 Å². The number of hydrogen-bond acceptors (Lipinski definition) is 2. The molecule has 0 aliphatic carbocycles. The minimum absolute atomic E-state index is 0.342. The van der Waals surface area contributed by atoms with E-state index >= 15 is 0 Å². The number of likely N-dealkylation sites (tertiary alicyclic amines) is 1. The summed E-state index contributed by atoms with van der Waals surface area (Å²) in [6.45, 7) is 8.61. The summed E-state index contributed by atoms with van der Waals surface area (Å²) in [6.07, 6.45) is 10.7. The molecule has 1 fully saturated rings. The predicted octanol–water partition coefficient (Wildman–Crippen LogP) is 3.69. The first-order valence-corrected chi connectivity index (χ1v) is 8.13. The molecule has 2 nitrogen and oxygen atoms in total. The van der Waals surface area contributed by atoms with Crippen LogP contribution in [0.4, 0.5) is 0 Å². The van der Waals surface area contributed by atoms with E-state index in [2.05, 4.69) is 18.7 Å². The summed E-state index contributed by atoms with van der Waals surface area (Å²) in [7, 11) is 0. The highest BCUT2D eigenvalue weighted by atomic mass is 16.3. The van der Waals surface area contributed by atoms with Crippen LogP contribution in [0, 0.1) is 11.8 Å². The Bertz CT molecular complexity index is 188. The van der Waals surface area contributed by atoms with Crippen LogP contribution in [-0.4, -0.2) is 36.2 Å². The number of unbranched alkanes of at least 4 members (excludes halogenated alkanes) is 1. The predicted molar refractivity (Wildman–Crippen MR) is 78.8 cm³/mol. The van der Waals surface area contributed by atoms with E-state index < -0.39 is 0 Å². The Morgan fingerprint density at radius 1 is 1.17 bits per heavy atom. The van der Waals surface area contributed by atoms with Crippen molar-refractivity contribution in [2.75, 3.05) is 26.2 Å². The van der Waals surface area contributed by atoms with Crippen LogP contribution in [0.25, 0.3) is 0 Å². The fourth-order valence-corrected chi connectivity index (χ4v) is 3.19. The molecule has 2 heteroatoms. The number of aliphatic hydroxyl groups is 1. The number of nitrogens with zero attached hydrogens (tertiary/aromatic N) is 1. The standard InChI is InChI=1S/C16H33NO/c1-3-5-7-15(4-2)14-16-8-11-17(12-9-16)10-6-13-18/h15-16,18H,3-14H2,1-2H3. The molecule has 1 atom stereocenters. The molecule has 0 aromatic heterocycles. The molecule has 0 spiro atoms. The van der Waals surface area contributed by atoms with Crippen LogP contribution in [-0.2, 0) is 0 Å². The summed E-state index contributed by atoms with van der Waals surface area (Å²) in [5, 5.41) is 8.86. The molecule has 0 saturated carbocycles. The van der Waals surface area contributed by atoms with Gasteiger partial charge in [0, 0.05) is 13.2 Å². The Balaban J connectivity index is 2.17. The zero-order valence-electron chi connectivity index (χ0n) is 12.5. The molecule has 108 valence electrons. The van der Waals surface area contributed by atoms with Gasteiger partial charge in [-0.15, -0.1) is 0 Å². The van der Waals surface area contributed by atoms with Crippen molar-refractivity contribution in [2.24, 2.45) is 11.8 Å². The average molecular weight is 255 g/mol. The molecule has 1 aliphatic rings. The molecule has 1 aliphatic heterocycles. The van der Waals surface area contributed by atoms with Gasteiger partial charge in [0.15, 0.2) is 0 Å². The van der Waals surface area contributed by atoms with Gasteiger partial charge in [-0.1, -0.05) is 39.5 Å². The minimum Gasteiger partial charge on any atom is -0.396 e. The van der Waals surface area contributed by atoms with Gasteiger partial charge in [0.1, 0.15) is 0 Å². The van der Waals surface area contributed by atoms with Gasteiger partial charge in [0.25, 0.3) is 0 Å². The SMILES string of the molecule is CCCCC(CC)CC1CCN(CCCO)CC1. The summed E-state index contributed by atoms with van der Waals surface area (Å²) in [5.41, 5.74) is 0. The maximum Gasteiger partial charge on any atom is 0.0443 e. The van der Waals surface area contributed by atoms with Crippen LogP contribution < -0.4 is 0 Å². The quantitative estimate of drug-likeness (QED) is 0.679. The molecule has 1 N–H and O–H groups in total. The lowest BCUT2D eigenvalue weighted by atomic mass is 9.84. The van der Waals surface area contributed by atoms with Gasteiger partial charge in [-0.05, 0) is 50.6 Å². The third-order valence-corrected chi connectivity index (χ3v) is 4.55. The summed E-state index contributed by atoms with van der Waals surface area (Å²) < 4.78 is 0. The summed E-state index contributed by atoms with van der Waals surface area (Å²) in [6, 6.07) is 0. The summed E-state index contributed by atoms with van der Waals surface area (Å²) in [5.74, 6) is 1.94.